The smallest absolute Gasteiger partial charge is 0.243 e. The number of hydrogen-bond acceptors (Lipinski definition) is 3. The van der Waals surface area contributed by atoms with Crippen LogP contribution in [0.4, 0.5) is 0 Å². The molecule has 0 aromatic heterocycles. The van der Waals surface area contributed by atoms with Crippen molar-refractivity contribution in [3.63, 3.8) is 0 Å². The molecule has 0 spiro atoms. The van der Waals surface area contributed by atoms with Gasteiger partial charge >= 0.3 is 0 Å². The van der Waals surface area contributed by atoms with Crippen LogP contribution in [0.1, 0.15) is 33.1 Å². The third-order valence-corrected chi connectivity index (χ3v) is 3.51. The lowest BCUT2D eigenvalue weighted by Gasteiger charge is -2.24. The van der Waals surface area contributed by atoms with Gasteiger partial charge in [0.05, 0.1) is 12.2 Å². The van der Waals surface area contributed by atoms with E-state index in [-0.39, 0.29) is 6.29 Å². The number of ether oxygens (including phenoxy) is 3. The van der Waals surface area contributed by atoms with Gasteiger partial charge in [0.15, 0.2) is 0 Å². The third kappa shape index (κ3) is 1.31. The van der Waals surface area contributed by atoms with Crippen molar-refractivity contribution in [1.82, 2.24) is 0 Å². The molecule has 1 saturated carbocycles. The summed E-state index contributed by atoms with van der Waals surface area (Å²) >= 11 is 0. The SMILES string of the molecule is CC1=C(C)OC(C2CCC3OC3C2)O1. The average molecular weight is 196 g/mol. The molecule has 14 heavy (non-hydrogen) atoms. The summed E-state index contributed by atoms with van der Waals surface area (Å²) in [6, 6.07) is 0. The second-order valence-electron chi connectivity index (χ2n) is 4.50. The van der Waals surface area contributed by atoms with Crippen molar-refractivity contribution in [3.05, 3.63) is 11.5 Å². The van der Waals surface area contributed by atoms with E-state index in [9.17, 15) is 0 Å². The highest BCUT2D eigenvalue weighted by Crippen LogP contribution is 2.43. The highest BCUT2D eigenvalue weighted by molar-refractivity contribution is 5.02. The molecule has 0 radical (unpaired) electrons. The van der Waals surface area contributed by atoms with Gasteiger partial charge in [-0.1, -0.05) is 0 Å². The zero-order chi connectivity index (χ0) is 9.71. The summed E-state index contributed by atoms with van der Waals surface area (Å²) in [6.07, 6.45) is 4.48. The topological polar surface area (TPSA) is 31.0 Å². The molecule has 1 saturated heterocycles. The monoisotopic (exact) mass is 196 g/mol. The molecular formula is C11H16O3. The summed E-state index contributed by atoms with van der Waals surface area (Å²) in [6.45, 7) is 3.93. The van der Waals surface area contributed by atoms with Crippen LogP contribution in [0.3, 0.4) is 0 Å². The zero-order valence-electron chi connectivity index (χ0n) is 8.66. The molecule has 2 fully saturated rings. The molecule has 3 nitrogen and oxygen atoms in total. The van der Waals surface area contributed by atoms with Gasteiger partial charge in [0.1, 0.15) is 11.5 Å². The van der Waals surface area contributed by atoms with Crippen LogP contribution in [0.15, 0.2) is 11.5 Å². The van der Waals surface area contributed by atoms with E-state index in [0.717, 1.165) is 17.9 Å². The maximum atomic E-state index is 5.68. The van der Waals surface area contributed by atoms with Crippen LogP contribution in [0, 0.1) is 5.92 Å². The molecule has 3 rings (SSSR count). The summed E-state index contributed by atoms with van der Waals surface area (Å²) < 4.78 is 16.9. The molecule has 3 aliphatic rings. The van der Waals surface area contributed by atoms with Crippen molar-refractivity contribution in [2.24, 2.45) is 5.92 Å². The van der Waals surface area contributed by atoms with Crippen LogP contribution >= 0.6 is 0 Å². The number of hydrogen-bond donors (Lipinski definition) is 0. The lowest BCUT2D eigenvalue weighted by Crippen LogP contribution is -2.27. The van der Waals surface area contributed by atoms with Gasteiger partial charge in [-0.3, -0.25) is 0 Å². The van der Waals surface area contributed by atoms with Gasteiger partial charge in [-0.15, -0.1) is 0 Å². The molecule has 3 atom stereocenters. The van der Waals surface area contributed by atoms with Gasteiger partial charge in [-0.2, -0.15) is 0 Å². The number of allylic oxidation sites excluding steroid dienone is 2. The maximum Gasteiger partial charge on any atom is 0.243 e. The molecule has 0 aromatic rings. The molecular weight excluding hydrogens is 180 g/mol. The Morgan fingerprint density at radius 3 is 2.36 bits per heavy atom. The second-order valence-corrected chi connectivity index (χ2v) is 4.50. The van der Waals surface area contributed by atoms with Gasteiger partial charge < -0.3 is 14.2 Å². The largest absolute Gasteiger partial charge is 0.456 e. The Morgan fingerprint density at radius 1 is 1.00 bits per heavy atom. The van der Waals surface area contributed by atoms with E-state index in [0.29, 0.717) is 18.1 Å². The van der Waals surface area contributed by atoms with Gasteiger partial charge in [0.25, 0.3) is 0 Å². The van der Waals surface area contributed by atoms with Crippen molar-refractivity contribution < 1.29 is 14.2 Å². The molecule has 3 heteroatoms. The maximum absolute atomic E-state index is 5.68. The van der Waals surface area contributed by atoms with Crippen LogP contribution in [0.25, 0.3) is 0 Å². The lowest BCUT2D eigenvalue weighted by atomic mass is 9.89. The van der Waals surface area contributed by atoms with Gasteiger partial charge in [0, 0.05) is 5.92 Å². The average Bonchev–Trinajstić information content (AvgIpc) is 2.87. The Kier molecular flexibility index (Phi) is 1.78. The molecule has 0 bridgehead atoms. The molecule has 2 aliphatic heterocycles. The van der Waals surface area contributed by atoms with Gasteiger partial charge in [-0.25, -0.2) is 0 Å². The van der Waals surface area contributed by atoms with Crippen molar-refractivity contribution >= 4 is 0 Å². The van der Waals surface area contributed by atoms with E-state index in [1.807, 2.05) is 13.8 Å². The molecule has 2 heterocycles. The Hall–Kier alpha value is -0.700. The zero-order valence-corrected chi connectivity index (χ0v) is 8.66. The first-order valence-electron chi connectivity index (χ1n) is 5.40. The van der Waals surface area contributed by atoms with E-state index in [2.05, 4.69) is 0 Å². The molecule has 0 aromatic carbocycles. The Balaban J connectivity index is 1.62. The van der Waals surface area contributed by atoms with E-state index >= 15 is 0 Å². The minimum absolute atomic E-state index is 0.0415. The molecule has 0 N–H and O–H groups in total. The summed E-state index contributed by atoms with van der Waals surface area (Å²) in [7, 11) is 0. The summed E-state index contributed by atoms with van der Waals surface area (Å²) in [5.74, 6) is 2.40. The summed E-state index contributed by atoms with van der Waals surface area (Å²) in [5.41, 5.74) is 0. The second kappa shape index (κ2) is 2.89. The summed E-state index contributed by atoms with van der Waals surface area (Å²) in [4.78, 5) is 0. The van der Waals surface area contributed by atoms with Crippen LogP contribution in [0.2, 0.25) is 0 Å². The number of fused-ring (bicyclic) bond motifs is 1. The van der Waals surface area contributed by atoms with E-state index in [1.54, 1.807) is 0 Å². The van der Waals surface area contributed by atoms with E-state index in [1.165, 1.54) is 12.8 Å². The van der Waals surface area contributed by atoms with Crippen LogP contribution < -0.4 is 0 Å². The molecule has 78 valence electrons. The van der Waals surface area contributed by atoms with E-state index in [4.69, 9.17) is 14.2 Å². The van der Waals surface area contributed by atoms with Crippen LogP contribution in [-0.4, -0.2) is 18.5 Å². The first-order chi connectivity index (χ1) is 6.74. The van der Waals surface area contributed by atoms with Gasteiger partial charge in [-0.05, 0) is 33.1 Å². The van der Waals surface area contributed by atoms with Crippen molar-refractivity contribution in [2.45, 2.75) is 51.6 Å². The standard InChI is InChI=1S/C11H16O3/c1-6-7(2)13-11(12-6)8-3-4-9-10(5-8)14-9/h8-11H,3-5H2,1-2H3. The minimum Gasteiger partial charge on any atom is -0.456 e. The van der Waals surface area contributed by atoms with E-state index < -0.39 is 0 Å². The summed E-state index contributed by atoms with van der Waals surface area (Å²) in [5, 5.41) is 0. The fourth-order valence-electron chi connectivity index (χ4n) is 2.41. The fourth-order valence-corrected chi connectivity index (χ4v) is 2.41. The molecule has 3 unspecified atom stereocenters. The quantitative estimate of drug-likeness (QED) is 0.602. The van der Waals surface area contributed by atoms with Crippen molar-refractivity contribution in [3.8, 4) is 0 Å². The predicted octanol–water partition coefficient (Wildman–Crippen LogP) is 2.18. The molecule has 0 amide bonds. The molecule has 1 aliphatic carbocycles. The third-order valence-electron chi connectivity index (χ3n) is 3.51. The highest BCUT2D eigenvalue weighted by atomic mass is 16.7. The number of rotatable bonds is 1. The van der Waals surface area contributed by atoms with Crippen LogP contribution in [-0.2, 0) is 14.2 Å². The normalized spacial score (nSPS) is 41.7. The van der Waals surface area contributed by atoms with Crippen molar-refractivity contribution in [2.75, 3.05) is 0 Å². The fraction of sp³-hybridized carbons (Fsp3) is 0.818. The minimum atomic E-state index is -0.0415. The van der Waals surface area contributed by atoms with Gasteiger partial charge in [0.2, 0.25) is 6.29 Å². The highest BCUT2D eigenvalue weighted by Gasteiger charge is 2.47. The van der Waals surface area contributed by atoms with Crippen LogP contribution in [0.5, 0.6) is 0 Å². The van der Waals surface area contributed by atoms with Crippen molar-refractivity contribution in [1.29, 1.82) is 0 Å². The predicted molar refractivity (Wildman–Crippen MR) is 50.3 cm³/mol. The number of epoxide rings is 1. The first kappa shape index (κ1) is 8.60. The Bertz CT molecular complexity index is 270. The Morgan fingerprint density at radius 2 is 1.71 bits per heavy atom. The first-order valence-corrected chi connectivity index (χ1v) is 5.40. The lowest BCUT2D eigenvalue weighted by molar-refractivity contribution is -0.0873. The Labute approximate surface area is 84.0 Å².